The van der Waals surface area contributed by atoms with Crippen molar-refractivity contribution in [1.29, 1.82) is 0 Å². The number of imidazole rings is 1. The molecule has 0 saturated heterocycles. The molecule has 8 heteroatoms. The number of benzene rings is 1. The Morgan fingerprint density at radius 2 is 1.96 bits per heavy atom. The van der Waals surface area contributed by atoms with Gasteiger partial charge in [-0.3, -0.25) is 18.5 Å². The minimum atomic E-state index is -0.388. The zero-order valence-corrected chi connectivity index (χ0v) is 16.9. The number of aryl methyl sites for hydroxylation is 2. The van der Waals surface area contributed by atoms with E-state index in [4.69, 9.17) is 4.74 Å². The minimum Gasteiger partial charge on any atom is -0.382 e. The highest BCUT2D eigenvalue weighted by Gasteiger charge is 2.19. The maximum absolute atomic E-state index is 12.8. The third-order valence-corrected chi connectivity index (χ3v) is 4.72. The van der Waals surface area contributed by atoms with Crippen LogP contribution in [0.15, 0.2) is 33.9 Å². The topological polar surface area (TPSA) is 83.1 Å². The van der Waals surface area contributed by atoms with Crippen LogP contribution >= 0.6 is 0 Å². The molecule has 2 heterocycles. The molecule has 0 saturated carbocycles. The second kappa shape index (κ2) is 8.43. The summed E-state index contributed by atoms with van der Waals surface area (Å²) in [5.74, 6) is 0.575. The molecule has 0 aliphatic rings. The van der Waals surface area contributed by atoms with E-state index in [-0.39, 0.29) is 11.2 Å². The monoisotopic (exact) mass is 385 g/mol. The van der Waals surface area contributed by atoms with Gasteiger partial charge in [0.2, 0.25) is 5.95 Å². The summed E-state index contributed by atoms with van der Waals surface area (Å²) in [6, 6.07) is 8.12. The average molecular weight is 385 g/mol. The summed E-state index contributed by atoms with van der Waals surface area (Å²) >= 11 is 0. The minimum absolute atomic E-state index is 0.347. The van der Waals surface area contributed by atoms with Crippen molar-refractivity contribution in [3.63, 3.8) is 0 Å². The zero-order chi connectivity index (χ0) is 20.3. The molecule has 8 nitrogen and oxygen atoms in total. The van der Waals surface area contributed by atoms with E-state index in [1.54, 1.807) is 7.05 Å². The lowest BCUT2D eigenvalue weighted by molar-refractivity contribution is 0.147. The Balaban J connectivity index is 2.07. The Labute approximate surface area is 163 Å². The lowest BCUT2D eigenvalue weighted by Crippen LogP contribution is -2.37. The number of nitrogens with one attached hydrogen (secondary N) is 1. The number of hydrogen-bond acceptors (Lipinski definition) is 5. The van der Waals surface area contributed by atoms with Gasteiger partial charge in [0, 0.05) is 33.9 Å². The number of rotatable bonds is 8. The van der Waals surface area contributed by atoms with Crippen molar-refractivity contribution in [2.75, 3.05) is 25.1 Å². The molecule has 150 valence electrons. The zero-order valence-electron chi connectivity index (χ0n) is 16.9. The Bertz CT molecular complexity index is 1090. The first-order valence-corrected chi connectivity index (χ1v) is 9.47. The standard InChI is InChI=1S/C20H27N5O3/c1-5-28-11-7-10-21-19-22-17-16(18(26)24(4)20(27)23(17)3)25(19)13-15-9-6-8-14(2)12-15/h6,8-9,12H,5,7,10-11,13H2,1-4H3,(H,21,22). The summed E-state index contributed by atoms with van der Waals surface area (Å²) in [4.78, 5) is 29.7. The lowest BCUT2D eigenvalue weighted by Gasteiger charge is -2.11. The molecule has 3 rings (SSSR count). The Morgan fingerprint density at radius 1 is 1.18 bits per heavy atom. The van der Waals surface area contributed by atoms with E-state index in [0.717, 1.165) is 22.1 Å². The Kier molecular flexibility index (Phi) is 5.99. The molecule has 0 atom stereocenters. The summed E-state index contributed by atoms with van der Waals surface area (Å²) in [5.41, 5.74) is 2.27. The van der Waals surface area contributed by atoms with E-state index in [0.29, 0.717) is 43.4 Å². The molecule has 2 aromatic heterocycles. The number of nitrogens with zero attached hydrogens (tertiary/aromatic N) is 4. The number of fused-ring (bicyclic) bond motifs is 1. The third-order valence-electron chi connectivity index (χ3n) is 4.72. The number of anilines is 1. The predicted molar refractivity (Wildman–Crippen MR) is 110 cm³/mol. The van der Waals surface area contributed by atoms with Gasteiger partial charge in [-0.2, -0.15) is 4.98 Å². The smallest absolute Gasteiger partial charge is 0.332 e. The molecule has 0 aliphatic carbocycles. The van der Waals surface area contributed by atoms with Crippen LogP contribution in [0.2, 0.25) is 0 Å². The van der Waals surface area contributed by atoms with Gasteiger partial charge in [-0.15, -0.1) is 0 Å². The van der Waals surface area contributed by atoms with Crippen LogP contribution in [0, 0.1) is 6.92 Å². The lowest BCUT2D eigenvalue weighted by atomic mass is 10.1. The van der Waals surface area contributed by atoms with Crippen LogP contribution in [-0.2, 0) is 25.4 Å². The van der Waals surface area contributed by atoms with Gasteiger partial charge in [-0.25, -0.2) is 4.79 Å². The van der Waals surface area contributed by atoms with Crippen molar-refractivity contribution < 1.29 is 4.74 Å². The van der Waals surface area contributed by atoms with Gasteiger partial charge in [0.15, 0.2) is 11.2 Å². The molecule has 1 N–H and O–H groups in total. The van der Waals surface area contributed by atoms with Gasteiger partial charge in [-0.1, -0.05) is 29.8 Å². The van der Waals surface area contributed by atoms with Crippen LogP contribution in [0.1, 0.15) is 24.5 Å². The molecular formula is C20H27N5O3. The van der Waals surface area contributed by atoms with Gasteiger partial charge in [0.1, 0.15) is 0 Å². The van der Waals surface area contributed by atoms with Gasteiger partial charge < -0.3 is 10.1 Å². The molecule has 0 fully saturated rings. The quantitative estimate of drug-likeness (QED) is 0.596. The van der Waals surface area contributed by atoms with Crippen LogP contribution in [0.3, 0.4) is 0 Å². The van der Waals surface area contributed by atoms with Crippen LogP contribution in [-0.4, -0.2) is 38.4 Å². The van der Waals surface area contributed by atoms with Crippen LogP contribution in [0.4, 0.5) is 5.95 Å². The first-order chi connectivity index (χ1) is 13.4. The molecule has 28 heavy (non-hydrogen) atoms. The summed E-state index contributed by atoms with van der Waals surface area (Å²) < 4.78 is 9.76. The summed E-state index contributed by atoms with van der Waals surface area (Å²) in [6.45, 7) is 6.48. The molecule has 3 aromatic rings. The third kappa shape index (κ3) is 3.87. The fourth-order valence-electron chi connectivity index (χ4n) is 3.25. The molecule has 0 spiro atoms. The maximum atomic E-state index is 12.8. The van der Waals surface area contributed by atoms with Gasteiger partial charge in [0.05, 0.1) is 6.54 Å². The van der Waals surface area contributed by atoms with E-state index in [2.05, 4.69) is 16.4 Å². The van der Waals surface area contributed by atoms with E-state index in [1.807, 2.05) is 36.6 Å². The Morgan fingerprint density at radius 3 is 2.68 bits per heavy atom. The fourth-order valence-corrected chi connectivity index (χ4v) is 3.25. The number of hydrogen-bond donors (Lipinski definition) is 1. The summed E-state index contributed by atoms with van der Waals surface area (Å²) in [7, 11) is 3.12. The van der Waals surface area contributed by atoms with Gasteiger partial charge in [-0.05, 0) is 25.8 Å². The largest absolute Gasteiger partial charge is 0.382 e. The van der Waals surface area contributed by atoms with Crippen molar-refractivity contribution in [1.82, 2.24) is 18.7 Å². The van der Waals surface area contributed by atoms with Crippen molar-refractivity contribution in [3.8, 4) is 0 Å². The molecule has 1 aromatic carbocycles. The normalized spacial score (nSPS) is 11.3. The van der Waals surface area contributed by atoms with Crippen LogP contribution < -0.4 is 16.6 Å². The maximum Gasteiger partial charge on any atom is 0.332 e. The number of ether oxygens (including phenoxy) is 1. The van der Waals surface area contributed by atoms with Crippen LogP contribution in [0.5, 0.6) is 0 Å². The SMILES string of the molecule is CCOCCCNc1nc2c(c(=O)n(C)c(=O)n2C)n1Cc1cccc(C)c1. The fraction of sp³-hybridized carbons (Fsp3) is 0.450. The highest BCUT2D eigenvalue weighted by Crippen LogP contribution is 2.18. The molecule has 0 bridgehead atoms. The highest BCUT2D eigenvalue weighted by molar-refractivity contribution is 5.74. The molecule has 0 aliphatic heterocycles. The first kappa shape index (κ1) is 19.9. The van der Waals surface area contributed by atoms with Crippen molar-refractivity contribution in [2.45, 2.75) is 26.8 Å². The van der Waals surface area contributed by atoms with E-state index in [9.17, 15) is 9.59 Å². The van der Waals surface area contributed by atoms with E-state index in [1.165, 1.54) is 11.6 Å². The van der Waals surface area contributed by atoms with E-state index < -0.39 is 0 Å². The average Bonchev–Trinajstić information content (AvgIpc) is 3.03. The van der Waals surface area contributed by atoms with Crippen molar-refractivity contribution in [2.24, 2.45) is 14.1 Å². The molecular weight excluding hydrogens is 358 g/mol. The second-order valence-electron chi connectivity index (χ2n) is 6.87. The number of aromatic nitrogens is 4. The van der Waals surface area contributed by atoms with Crippen molar-refractivity contribution in [3.05, 3.63) is 56.2 Å². The van der Waals surface area contributed by atoms with Crippen LogP contribution in [0.25, 0.3) is 11.2 Å². The second-order valence-corrected chi connectivity index (χ2v) is 6.87. The summed E-state index contributed by atoms with van der Waals surface area (Å²) in [5, 5.41) is 3.30. The summed E-state index contributed by atoms with van der Waals surface area (Å²) in [6.07, 6.45) is 0.818. The molecule has 0 unspecified atom stereocenters. The predicted octanol–water partition coefficient (Wildman–Crippen LogP) is 1.63. The molecule has 0 amide bonds. The highest BCUT2D eigenvalue weighted by atomic mass is 16.5. The Hall–Kier alpha value is -2.87. The van der Waals surface area contributed by atoms with Gasteiger partial charge >= 0.3 is 5.69 Å². The molecule has 0 radical (unpaired) electrons. The first-order valence-electron chi connectivity index (χ1n) is 9.47. The van der Waals surface area contributed by atoms with Gasteiger partial charge in [0.25, 0.3) is 5.56 Å². The van der Waals surface area contributed by atoms with Crippen molar-refractivity contribution >= 4 is 17.1 Å². The van der Waals surface area contributed by atoms with E-state index >= 15 is 0 Å².